The molecule has 0 saturated carbocycles. The molecule has 2 N–H and O–H groups in total. The van der Waals surface area contributed by atoms with Gasteiger partial charge in [-0.1, -0.05) is 55.8 Å². The van der Waals surface area contributed by atoms with E-state index in [9.17, 15) is 9.59 Å². The number of amides is 2. The largest absolute Gasteiger partial charge is 0.356 e. The van der Waals surface area contributed by atoms with E-state index in [1.54, 1.807) is 0 Å². The van der Waals surface area contributed by atoms with Crippen LogP contribution in [0.5, 0.6) is 0 Å². The molecule has 0 radical (unpaired) electrons. The van der Waals surface area contributed by atoms with E-state index in [0.717, 1.165) is 36.1 Å². The van der Waals surface area contributed by atoms with Crippen LogP contribution < -0.4 is 10.6 Å². The van der Waals surface area contributed by atoms with E-state index >= 15 is 0 Å². The minimum absolute atomic E-state index is 0.0325. The highest BCUT2D eigenvalue weighted by Crippen LogP contribution is 2.21. The molecule has 4 nitrogen and oxygen atoms in total. The van der Waals surface area contributed by atoms with Gasteiger partial charge in [0.15, 0.2) is 0 Å². The number of hydrogen-bond acceptors (Lipinski definition) is 2. The lowest BCUT2D eigenvalue weighted by atomic mass is 10.1. The fraction of sp³-hybridized carbons (Fsp3) is 0.333. The Labute approximate surface area is 149 Å². The first-order chi connectivity index (χ1) is 12.2. The second kappa shape index (κ2) is 10.3. The van der Waals surface area contributed by atoms with Crippen molar-refractivity contribution in [1.82, 2.24) is 5.32 Å². The molecule has 2 rings (SSSR count). The monoisotopic (exact) mass is 338 g/mol. The third-order valence-electron chi connectivity index (χ3n) is 4.00. The number of carbonyl (C=O) groups excluding carboxylic acids is 2. The second-order valence-corrected chi connectivity index (χ2v) is 6.01. The highest BCUT2D eigenvalue weighted by atomic mass is 16.2. The molecular formula is C21H26N2O2. The fourth-order valence-electron chi connectivity index (χ4n) is 2.54. The van der Waals surface area contributed by atoms with E-state index in [1.807, 2.05) is 49.4 Å². The van der Waals surface area contributed by atoms with Crippen LogP contribution in [0.1, 0.15) is 39.0 Å². The first kappa shape index (κ1) is 18.7. The molecule has 0 atom stereocenters. The predicted octanol–water partition coefficient (Wildman–Crippen LogP) is 4.38. The van der Waals surface area contributed by atoms with Gasteiger partial charge in [-0.05, 0) is 36.1 Å². The number of unbranched alkanes of at least 4 members (excludes halogenated alkanes) is 2. The number of anilines is 1. The van der Waals surface area contributed by atoms with E-state index in [1.165, 1.54) is 0 Å². The van der Waals surface area contributed by atoms with Gasteiger partial charge in [-0.15, -0.1) is 0 Å². The molecule has 0 heterocycles. The number of nitrogens with one attached hydrogen (secondary N) is 2. The maximum absolute atomic E-state index is 12.0. The summed E-state index contributed by atoms with van der Waals surface area (Å²) in [5.74, 6) is 0.113. The Morgan fingerprint density at radius 3 is 2.16 bits per heavy atom. The molecule has 4 heteroatoms. The van der Waals surface area contributed by atoms with E-state index < -0.39 is 0 Å². The summed E-state index contributed by atoms with van der Waals surface area (Å²) in [6.45, 7) is 2.53. The van der Waals surface area contributed by atoms with Crippen molar-refractivity contribution >= 4 is 17.5 Å². The minimum Gasteiger partial charge on any atom is -0.356 e. The van der Waals surface area contributed by atoms with Crippen LogP contribution in [-0.2, 0) is 9.59 Å². The number of hydrogen-bond donors (Lipinski definition) is 2. The Morgan fingerprint density at radius 1 is 0.800 bits per heavy atom. The summed E-state index contributed by atoms with van der Waals surface area (Å²) in [7, 11) is 0. The van der Waals surface area contributed by atoms with Gasteiger partial charge in [0.2, 0.25) is 11.8 Å². The minimum atomic E-state index is 0.0325. The van der Waals surface area contributed by atoms with E-state index in [0.29, 0.717) is 19.4 Å². The number of rotatable bonds is 9. The summed E-state index contributed by atoms with van der Waals surface area (Å²) in [5, 5.41) is 5.77. The third-order valence-corrected chi connectivity index (χ3v) is 4.00. The standard InChI is InChI=1S/C21H26N2O2/c1-2-20(24)22-16-8-4-7-11-21(25)23-19-14-12-18(13-15-19)17-9-5-3-6-10-17/h3,5-6,9-10,12-15H,2,4,7-8,11,16H2,1H3,(H,22,24)(H,23,25). The summed E-state index contributed by atoms with van der Waals surface area (Å²) >= 11 is 0. The van der Waals surface area contributed by atoms with Gasteiger partial charge >= 0.3 is 0 Å². The Balaban J connectivity index is 1.68. The Morgan fingerprint density at radius 2 is 1.48 bits per heavy atom. The van der Waals surface area contributed by atoms with Crippen molar-refractivity contribution in [3.05, 3.63) is 54.6 Å². The molecule has 0 aliphatic rings. The maximum Gasteiger partial charge on any atom is 0.224 e. The van der Waals surface area contributed by atoms with E-state index in [2.05, 4.69) is 22.8 Å². The molecule has 0 aliphatic heterocycles. The molecule has 0 unspecified atom stereocenters. The summed E-state index contributed by atoms with van der Waals surface area (Å²) in [6.07, 6.45) is 3.69. The topological polar surface area (TPSA) is 58.2 Å². The van der Waals surface area contributed by atoms with Crippen LogP contribution in [0.3, 0.4) is 0 Å². The smallest absolute Gasteiger partial charge is 0.224 e. The molecule has 0 aromatic heterocycles. The average molecular weight is 338 g/mol. The Kier molecular flexibility index (Phi) is 7.70. The van der Waals surface area contributed by atoms with Gasteiger partial charge in [-0.25, -0.2) is 0 Å². The van der Waals surface area contributed by atoms with Gasteiger partial charge in [0.05, 0.1) is 0 Å². The van der Waals surface area contributed by atoms with Crippen molar-refractivity contribution in [2.45, 2.75) is 39.0 Å². The molecule has 0 saturated heterocycles. The number of carbonyl (C=O) groups is 2. The lowest BCUT2D eigenvalue weighted by Crippen LogP contribution is -2.23. The third kappa shape index (κ3) is 6.79. The van der Waals surface area contributed by atoms with Crippen molar-refractivity contribution in [3.8, 4) is 11.1 Å². The molecule has 2 amide bonds. The molecule has 2 aromatic rings. The van der Waals surface area contributed by atoms with Crippen LogP contribution >= 0.6 is 0 Å². The Bertz CT molecular complexity index is 666. The molecule has 0 aliphatic carbocycles. The van der Waals surface area contributed by atoms with Gasteiger partial charge < -0.3 is 10.6 Å². The molecule has 2 aromatic carbocycles. The highest BCUT2D eigenvalue weighted by molar-refractivity contribution is 5.90. The van der Waals surface area contributed by atoms with Crippen LogP contribution in [0.4, 0.5) is 5.69 Å². The van der Waals surface area contributed by atoms with Crippen molar-refractivity contribution < 1.29 is 9.59 Å². The summed E-state index contributed by atoms with van der Waals surface area (Å²) in [5.41, 5.74) is 3.11. The van der Waals surface area contributed by atoms with Crippen LogP contribution in [0.25, 0.3) is 11.1 Å². The van der Waals surface area contributed by atoms with Gasteiger partial charge in [-0.3, -0.25) is 9.59 Å². The Hall–Kier alpha value is -2.62. The average Bonchev–Trinajstić information content (AvgIpc) is 2.65. The fourth-order valence-corrected chi connectivity index (χ4v) is 2.54. The molecule has 132 valence electrons. The summed E-state index contributed by atoms with van der Waals surface area (Å²) < 4.78 is 0. The van der Waals surface area contributed by atoms with E-state index in [4.69, 9.17) is 0 Å². The maximum atomic E-state index is 12.0. The molecular weight excluding hydrogens is 312 g/mol. The lowest BCUT2D eigenvalue weighted by molar-refractivity contribution is -0.121. The molecule has 25 heavy (non-hydrogen) atoms. The lowest BCUT2D eigenvalue weighted by Gasteiger charge is -2.07. The van der Waals surface area contributed by atoms with Gasteiger partial charge in [0.1, 0.15) is 0 Å². The highest BCUT2D eigenvalue weighted by Gasteiger charge is 2.03. The zero-order chi connectivity index (χ0) is 17.9. The first-order valence-corrected chi connectivity index (χ1v) is 8.91. The number of benzene rings is 2. The van der Waals surface area contributed by atoms with Crippen molar-refractivity contribution in [3.63, 3.8) is 0 Å². The van der Waals surface area contributed by atoms with Crippen LogP contribution in [0.2, 0.25) is 0 Å². The normalized spacial score (nSPS) is 10.3. The van der Waals surface area contributed by atoms with Crippen molar-refractivity contribution in [2.24, 2.45) is 0 Å². The van der Waals surface area contributed by atoms with Gasteiger partial charge in [-0.2, -0.15) is 0 Å². The summed E-state index contributed by atoms with van der Waals surface area (Å²) in [6, 6.07) is 18.0. The SMILES string of the molecule is CCC(=O)NCCCCCC(=O)Nc1ccc(-c2ccccc2)cc1. The second-order valence-electron chi connectivity index (χ2n) is 6.01. The zero-order valence-corrected chi connectivity index (χ0v) is 14.8. The van der Waals surface area contributed by atoms with Crippen LogP contribution in [-0.4, -0.2) is 18.4 Å². The predicted molar refractivity (Wildman–Crippen MR) is 102 cm³/mol. The quantitative estimate of drug-likeness (QED) is 0.667. The zero-order valence-electron chi connectivity index (χ0n) is 14.8. The molecule has 0 bridgehead atoms. The van der Waals surface area contributed by atoms with E-state index in [-0.39, 0.29) is 11.8 Å². The van der Waals surface area contributed by atoms with Gasteiger partial charge in [0, 0.05) is 25.1 Å². The first-order valence-electron chi connectivity index (χ1n) is 8.91. The van der Waals surface area contributed by atoms with Crippen molar-refractivity contribution in [1.29, 1.82) is 0 Å². The van der Waals surface area contributed by atoms with Crippen LogP contribution in [0, 0.1) is 0 Å². The molecule has 0 spiro atoms. The van der Waals surface area contributed by atoms with Crippen LogP contribution in [0.15, 0.2) is 54.6 Å². The molecule has 0 fully saturated rings. The van der Waals surface area contributed by atoms with Gasteiger partial charge in [0.25, 0.3) is 0 Å². The summed E-state index contributed by atoms with van der Waals surface area (Å²) in [4.78, 5) is 23.1. The van der Waals surface area contributed by atoms with Crippen molar-refractivity contribution in [2.75, 3.05) is 11.9 Å².